The van der Waals surface area contributed by atoms with E-state index in [9.17, 15) is 4.79 Å². The number of nitrogens with zero attached hydrogens (tertiary/aromatic N) is 1. The fourth-order valence-electron chi connectivity index (χ4n) is 3.68. The quantitative estimate of drug-likeness (QED) is 0.923. The molecule has 1 saturated heterocycles. The zero-order valence-corrected chi connectivity index (χ0v) is 12.2. The van der Waals surface area contributed by atoms with Gasteiger partial charge in [0, 0.05) is 25.4 Å². The number of rotatable bonds is 3. The molecule has 0 bridgehead atoms. The van der Waals surface area contributed by atoms with Gasteiger partial charge in [0.1, 0.15) is 5.69 Å². The van der Waals surface area contributed by atoms with Gasteiger partial charge in [0.05, 0.1) is 5.60 Å². The summed E-state index contributed by atoms with van der Waals surface area (Å²) in [5, 5.41) is 3.15. The van der Waals surface area contributed by atoms with Gasteiger partial charge in [-0.2, -0.15) is 0 Å². The topological polar surface area (TPSA) is 43.3 Å². The van der Waals surface area contributed by atoms with E-state index < -0.39 is 0 Å². The van der Waals surface area contributed by atoms with Gasteiger partial charge in [-0.15, -0.1) is 0 Å². The summed E-state index contributed by atoms with van der Waals surface area (Å²) in [5.74, 6) is 0. The molecule has 1 saturated carbocycles. The highest BCUT2D eigenvalue weighted by molar-refractivity contribution is 5.40. The van der Waals surface area contributed by atoms with E-state index in [-0.39, 0.29) is 11.2 Å². The number of nitrogens with one attached hydrogen (secondary N) is 1. The van der Waals surface area contributed by atoms with Gasteiger partial charge in [0.25, 0.3) is 5.56 Å². The summed E-state index contributed by atoms with van der Waals surface area (Å²) < 4.78 is 7.87. The standard InChI is InChI=1S/C16H24N2O2/c1-2-17-14-5-3-11-18(15(14)19)13-6-9-16(10-7-13)8-4-12-20-16/h3,5,11,13,17H,2,4,6-10,12H2,1H3/t13-,16-. The van der Waals surface area contributed by atoms with Gasteiger partial charge in [0.15, 0.2) is 0 Å². The maximum absolute atomic E-state index is 12.4. The van der Waals surface area contributed by atoms with Crippen LogP contribution in [-0.2, 0) is 4.74 Å². The van der Waals surface area contributed by atoms with Gasteiger partial charge < -0.3 is 14.6 Å². The van der Waals surface area contributed by atoms with Crippen molar-refractivity contribution in [1.82, 2.24) is 4.57 Å². The van der Waals surface area contributed by atoms with E-state index in [0.717, 1.165) is 38.8 Å². The van der Waals surface area contributed by atoms with Crippen molar-refractivity contribution < 1.29 is 4.74 Å². The lowest BCUT2D eigenvalue weighted by Gasteiger charge is -2.37. The summed E-state index contributed by atoms with van der Waals surface area (Å²) in [5.41, 5.74) is 0.967. The van der Waals surface area contributed by atoms with Crippen LogP contribution in [0.3, 0.4) is 0 Å². The van der Waals surface area contributed by atoms with Crippen LogP contribution in [-0.4, -0.2) is 23.3 Å². The van der Waals surface area contributed by atoms with E-state index >= 15 is 0 Å². The average Bonchev–Trinajstić information content (AvgIpc) is 2.91. The van der Waals surface area contributed by atoms with Crippen LogP contribution in [0.1, 0.15) is 51.5 Å². The van der Waals surface area contributed by atoms with E-state index in [1.807, 2.05) is 29.8 Å². The second-order valence-corrected chi connectivity index (χ2v) is 6.03. The molecule has 4 nitrogen and oxygen atoms in total. The summed E-state index contributed by atoms with van der Waals surface area (Å²) in [6, 6.07) is 4.17. The molecule has 2 heterocycles. The van der Waals surface area contributed by atoms with Crippen molar-refractivity contribution in [2.45, 2.75) is 57.1 Å². The zero-order valence-electron chi connectivity index (χ0n) is 12.2. The third-order valence-electron chi connectivity index (χ3n) is 4.79. The molecule has 0 unspecified atom stereocenters. The zero-order chi connectivity index (χ0) is 14.0. The predicted octanol–water partition coefficient (Wildman–Crippen LogP) is 2.94. The summed E-state index contributed by atoms with van der Waals surface area (Å²) in [6.45, 7) is 3.71. The van der Waals surface area contributed by atoms with Gasteiger partial charge >= 0.3 is 0 Å². The molecule has 1 spiro atoms. The van der Waals surface area contributed by atoms with Crippen molar-refractivity contribution in [2.24, 2.45) is 0 Å². The molecule has 20 heavy (non-hydrogen) atoms. The van der Waals surface area contributed by atoms with E-state index in [0.29, 0.717) is 11.7 Å². The lowest BCUT2D eigenvalue weighted by Crippen LogP contribution is -2.36. The Morgan fingerprint density at radius 3 is 2.85 bits per heavy atom. The van der Waals surface area contributed by atoms with Crippen molar-refractivity contribution in [3.63, 3.8) is 0 Å². The molecule has 2 aliphatic rings. The van der Waals surface area contributed by atoms with Crippen molar-refractivity contribution in [1.29, 1.82) is 0 Å². The molecule has 1 aromatic heterocycles. The number of anilines is 1. The molecule has 0 amide bonds. The maximum atomic E-state index is 12.4. The second kappa shape index (κ2) is 5.60. The third-order valence-corrected chi connectivity index (χ3v) is 4.79. The number of pyridine rings is 1. The average molecular weight is 276 g/mol. The largest absolute Gasteiger partial charge is 0.381 e. The highest BCUT2D eigenvalue weighted by atomic mass is 16.5. The minimum absolute atomic E-state index is 0.114. The number of aromatic nitrogens is 1. The summed E-state index contributed by atoms with van der Waals surface area (Å²) in [7, 11) is 0. The summed E-state index contributed by atoms with van der Waals surface area (Å²) in [4.78, 5) is 12.4. The minimum Gasteiger partial charge on any atom is -0.381 e. The SMILES string of the molecule is CCNc1cccn([C@H]2CC[C@@]3(CCCO3)CC2)c1=O. The van der Waals surface area contributed by atoms with Crippen molar-refractivity contribution in [3.05, 3.63) is 28.7 Å². The first-order chi connectivity index (χ1) is 9.74. The van der Waals surface area contributed by atoms with Crippen LogP contribution in [0.5, 0.6) is 0 Å². The molecule has 3 rings (SSSR count). The van der Waals surface area contributed by atoms with Crippen LogP contribution >= 0.6 is 0 Å². The summed E-state index contributed by atoms with van der Waals surface area (Å²) >= 11 is 0. The smallest absolute Gasteiger partial charge is 0.274 e. The van der Waals surface area contributed by atoms with E-state index in [1.54, 1.807) is 0 Å². The molecule has 1 N–H and O–H groups in total. The van der Waals surface area contributed by atoms with Gasteiger partial charge in [0.2, 0.25) is 0 Å². The Balaban J connectivity index is 1.75. The van der Waals surface area contributed by atoms with Crippen LogP contribution in [0, 0.1) is 0 Å². The first-order valence-electron chi connectivity index (χ1n) is 7.83. The number of hydrogen-bond donors (Lipinski definition) is 1. The maximum Gasteiger partial charge on any atom is 0.274 e. The van der Waals surface area contributed by atoms with E-state index in [1.165, 1.54) is 12.8 Å². The highest BCUT2D eigenvalue weighted by Crippen LogP contribution is 2.42. The molecule has 1 aliphatic carbocycles. The molecular weight excluding hydrogens is 252 g/mol. The molecule has 4 heteroatoms. The molecule has 0 radical (unpaired) electrons. The minimum atomic E-state index is 0.114. The molecule has 0 aromatic carbocycles. The molecule has 110 valence electrons. The molecule has 1 aliphatic heterocycles. The Kier molecular flexibility index (Phi) is 3.83. The first-order valence-corrected chi connectivity index (χ1v) is 7.83. The lowest BCUT2D eigenvalue weighted by atomic mass is 9.80. The normalized spacial score (nSPS) is 29.8. The van der Waals surface area contributed by atoms with Crippen molar-refractivity contribution in [2.75, 3.05) is 18.5 Å². The Morgan fingerprint density at radius 1 is 1.40 bits per heavy atom. The number of hydrogen-bond acceptors (Lipinski definition) is 3. The fourth-order valence-corrected chi connectivity index (χ4v) is 3.68. The van der Waals surface area contributed by atoms with Crippen LogP contribution in [0.15, 0.2) is 23.1 Å². The van der Waals surface area contributed by atoms with Gasteiger partial charge in [-0.25, -0.2) is 0 Å². The van der Waals surface area contributed by atoms with Crippen LogP contribution < -0.4 is 10.9 Å². The molecule has 0 atom stereocenters. The molecule has 2 fully saturated rings. The third kappa shape index (κ3) is 2.49. The second-order valence-electron chi connectivity index (χ2n) is 6.03. The monoisotopic (exact) mass is 276 g/mol. The molecule has 1 aromatic rings. The Labute approximate surface area is 120 Å². The van der Waals surface area contributed by atoms with Crippen LogP contribution in [0.2, 0.25) is 0 Å². The predicted molar refractivity (Wildman–Crippen MR) is 80.3 cm³/mol. The van der Waals surface area contributed by atoms with Gasteiger partial charge in [-0.1, -0.05) is 0 Å². The van der Waals surface area contributed by atoms with Gasteiger partial charge in [-0.3, -0.25) is 4.79 Å². The Bertz CT molecular complexity index is 507. The first kappa shape index (κ1) is 13.7. The lowest BCUT2D eigenvalue weighted by molar-refractivity contribution is -0.0334. The number of ether oxygens (including phenoxy) is 1. The van der Waals surface area contributed by atoms with Crippen LogP contribution in [0.4, 0.5) is 5.69 Å². The Morgan fingerprint density at radius 2 is 2.20 bits per heavy atom. The van der Waals surface area contributed by atoms with Crippen molar-refractivity contribution >= 4 is 5.69 Å². The van der Waals surface area contributed by atoms with Crippen molar-refractivity contribution in [3.8, 4) is 0 Å². The molecular formula is C16H24N2O2. The highest BCUT2D eigenvalue weighted by Gasteiger charge is 2.39. The van der Waals surface area contributed by atoms with Crippen LogP contribution in [0.25, 0.3) is 0 Å². The summed E-state index contributed by atoms with van der Waals surface area (Å²) in [6.07, 6.45) is 8.62. The van der Waals surface area contributed by atoms with Gasteiger partial charge in [-0.05, 0) is 57.6 Å². The van der Waals surface area contributed by atoms with E-state index in [2.05, 4.69) is 5.32 Å². The van der Waals surface area contributed by atoms with E-state index in [4.69, 9.17) is 4.74 Å². The fraction of sp³-hybridized carbons (Fsp3) is 0.688. The Hall–Kier alpha value is -1.29.